The predicted octanol–water partition coefficient (Wildman–Crippen LogP) is 4.14. The molecule has 0 saturated carbocycles. The minimum absolute atomic E-state index is 0.00912. The lowest BCUT2D eigenvalue weighted by Crippen LogP contribution is -2.03. The molecule has 0 fully saturated rings. The number of rotatable bonds is 4. The monoisotopic (exact) mass is 254 g/mol. The van der Waals surface area contributed by atoms with Gasteiger partial charge in [0.1, 0.15) is 5.75 Å². The largest absolute Gasteiger partial charge is 0.508 e. The van der Waals surface area contributed by atoms with Gasteiger partial charge in [0, 0.05) is 11.1 Å². The molecule has 0 amide bonds. The van der Waals surface area contributed by atoms with Crippen LogP contribution in [0.5, 0.6) is 5.75 Å². The third-order valence-corrected chi connectivity index (χ3v) is 3.47. The van der Waals surface area contributed by atoms with E-state index >= 15 is 0 Å². The summed E-state index contributed by atoms with van der Waals surface area (Å²) in [6.07, 6.45) is 0.927. The molecule has 1 N–H and O–H groups in total. The SMILES string of the molecule is CCC(C)c1cc(C(=O)c2ccccc2)ccc1O. The fourth-order valence-corrected chi connectivity index (χ4v) is 2.07. The summed E-state index contributed by atoms with van der Waals surface area (Å²) >= 11 is 0. The van der Waals surface area contributed by atoms with Gasteiger partial charge < -0.3 is 5.11 Å². The van der Waals surface area contributed by atoms with Crippen LogP contribution in [0.3, 0.4) is 0 Å². The lowest BCUT2D eigenvalue weighted by Gasteiger charge is -2.12. The zero-order valence-corrected chi connectivity index (χ0v) is 11.3. The highest BCUT2D eigenvalue weighted by Gasteiger charge is 2.14. The number of benzene rings is 2. The second-order valence-electron chi connectivity index (χ2n) is 4.78. The first-order chi connectivity index (χ1) is 9.13. The lowest BCUT2D eigenvalue weighted by atomic mass is 9.93. The van der Waals surface area contributed by atoms with Crippen molar-refractivity contribution in [1.82, 2.24) is 0 Å². The fourth-order valence-electron chi connectivity index (χ4n) is 2.07. The molecule has 0 saturated heterocycles. The molecule has 19 heavy (non-hydrogen) atoms. The van der Waals surface area contributed by atoms with Crippen LogP contribution in [-0.4, -0.2) is 10.9 Å². The summed E-state index contributed by atoms with van der Waals surface area (Å²) in [5.74, 6) is 0.493. The van der Waals surface area contributed by atoms with Crippen LogP contribution in [0.2, 0.25) is 0 Å². The van der Waals surface area contributed by atoms with Gasteiger partial charge in [0.15, 0.2) is 5.78 Å². The molecular formula is C17H18O2. The molecule has 2 nitrogen and oxygen atoms in total. The Morgan fingerprint density at radius 3 is 2.42 bits per heavy atom. The summed E-state index contributed by atoms with van der Waals surface area (Å²) in [7, 11) is 0. The second-order valence-corrected chi connectivity index (χ2v) is 4.78. The van der Waals surface area contributed by atoms with Gasteiger partial charge in [-0.2, -0.15) is 0 Å². The van der Waals surface area contributed by atoms with Crippen molar-refractivity contribution in [3.63, 3.8) is 0 Å². The summed E-state index contributed by atoms with van der Waals surface area (Å²) in [5, 5.41) is 9.88. The van der Waals surface area contributed by atoms with Crippen LogP contribution in [0, 0.1) is 0 Å². The van der Waals surface area contributed by atoms with Crippen molar-refractivity contribution >= 4 is 5.78 Å². The van der Waals surface area contributed by atoms with E-state index in [2.05, 4.69) is 6.92 Å². The van der Waals surface area contributed by atoms with Crippen molar-refractivity contribution in [2.24, 2.45) is 0 Å². The van der Waals surface area contributed by atoms with E-state index in [1.54, 1.807) is 30.3 Å². The molecule has 98 valence electrons. The molecular weight excluding hydrogens is 236 g/mol. The van der Waals surface area contributed by atoms with Crippen LogP contribution < -0.4 is 0 Å². The molecule has 0 heterocycles. The molecule has 1 unspecified atom stereocenters. The molecule has 2 heteroatoms. The van der Waals surface area contributed by atoms with E-state index < -0.39 is 0 Å². The van der Waals surface area contributed by atoms with Crippen LogP contribution in [0.15, 0.2) is 48.5 Å². The van der Waals surface area contributed by atoms with Crippen LogP contribution in [0.4, 0.5) is 0 Å². The van der Waals surface area contributed by atoms with Crippen LogP contribution >= 0.6 is 0 Å². The van der Waals surface area contributed by atoms with E-state index in [1.165, 1.54) is 0 Å². The highest BCUT2D eigenvalue weighted by atomic mass is 16.3. The Morgan fingerprint density at radius 1 is 1.11 bits per heavy atom. The van der Waals surface area contributed by atoms with Gasteiger partial charge in [0.25, 0.3) is 0 Å². The molecule has 2 aromatic carbocycles. The minimum Gasteiger partial charge on any atom is -0.508 e. The average molecular weight is 254 g/mol. The molecule has 1 atom stereocenters. The summed E-state index contributed by atoms with van der Waals surface area (Å²) in [5.41, 5.74) is 2.13. The average Bonchev–Trinajstić information content (AvgIpc) is 2.47. The van der Waals surface area contributed by atoms with E-state index in [0.29, 0.717) is 11.1 Å². The number of phenolic OH excluding ortho intramolecular Hbond substituents is 1. The zero-order chi connectivity index (χ0) is 13.8. The Kier molecular flexibility index (Phi) is 4.00. The quantitative estimate of drug-likeness (QED) is 0.833. The van der Waals surface area contributed by atoms with Gasteiger partial charge in [0.05, 0.1) is 0 Å². The van der Waals surface area contributed by atoms with E-state index in [1.807, 2.05) is 25.1 Å². The predicted molar refractivity (Wildman–Crippen MR) is 76.7 cm³/mol. The maximum absolute atomic E-state index is 12.3. The van der Waals surface area contributed by atoms with Crippen molar-refractivity contribution in [3.05, 3.63) is 65.2 Å². The van der Waals surface area contributed by atoms with Crippen molar-refractivity contribution in [3.8, 4) is 5.75 Å². The first-order valence-electron chi connectivity index (χ1n) is 6.56. The molecule has 0 radical (unpaired) electrons. The van der Waals surface area contributed by atoms with Gasteiger partial charge in [-0.1, -0.05) is 44.2 Å². The Labute approximate surface area is 113 Å². The number of hydrogen-bond donors (Lipinski definition) is 1. The van der Waals surface area contributed by atoms with Crippen molar-refractivity contribution < 1.29 is 9.90 Å². The van der Waals surface area contributed by atoms with E-state index in [4.69, 9.17) is 0 Å². The van der Waals surface area contributed by atoms with E-state index in [9.17, 15) is 9.90 Å². The zero-order valence-electron chi connectivity index (χ0n) is 11.3. The molecule has 0 spiro atoms. The Balaban J connectivity index is 2.39. The Hall–Kier alpha value is -2.09. The van der Waals surface area contributed by atoms with Gasteiger partial charge in [0.2, 0.25) is 0 Å². The lowest BCUT2D eigenvalue weighted by molar-refractivity contribution is 0.103. The highest BCUT2D eigenvalue weighted by Crippen LogP contribution is 2.29. The van der Waals surface area contributed by atoms with Crippen molar-refractivity contribution in [2.45, 2.75) is 26.2 Å². The highest BCUT2D eigenvalue weighted by molar-refractivity contribution is 6.09. The topological polar surface area (TPSA) is 37.3 Å². The smallest absolute Gasteiger partial charge is 0.193 e. The van der Waals surface area contributed by atoms with E-state index in [-0.39, 0.29) is 17.5 Å². The number of phenols is 1. The molecule has 0 aliphatic carbocycles. The third kappa shape index (κ3) is 2.84. The molecule has 0 aliphatic heterocycles. The number of ketones is 1. The number of hydrogen-bond acceptors (Lipinski definition) is 2. The normalized spacial score (nSPS) is 12.1. The molecule has 0 aliphatic rings. The van der Waals surface area contributed by atoms with Gasteiger partial charge in [-0.05, 0) is 36.1 Å². The Morgan fingerprint density at radius 2 is 1.79 bits per heavy atom. The molecule has 2 aromatic rings. The summed E-state index contributed by atoms with van der Waals surface area (Å²) < 4.78 is 0. The molecule has 0 bridgehead atoms. The third-order valence-electron chi connectivity index (χ3n) is 3.47. The van der Waals surface area contributed by atoms with Gasteiger partial charge in [-0.25, -0.2) is 0 Å². The minimum atomic E-state index is -0.00912. The van der Waals surface area contributed by atoms with Gasteiger partial charge in [-0.3, -0.25) is 4.79 Å². The maximum atomic E-state index is 12.3. The molecule has 0 aromatic heterocycles. The summed E-state index contributed by atoms with van der Waals surface area (Å²) in [4.78, 5) is 12.3. The van der Waals surface area contributed by atoms with Crippen LogP contribution in [0.25, 0.3) is 0 Å². The van der Waals surface area contributed by atoms with Crippen molar-refractivity contribution in [1.29, 1.82) is 0 Å². The van der Waals surface area contributed by atoms with Gasteiger partial charge in [-0.15, -0.1) is 0 Å². The maximum Gasteiger partial charge on any atom is 0.193 e. The Bertz CT molecular complexity index is 573. The number of carbonyl (C=O) groups excluding carboxylic acids is 1. The van der Waals surface area contributed by atoms with Crippen LogP contribution in [-0.2, 0) is 0 Å². The standard InChI is InChI=1S/C17H18O2/c1-3-12(2)15-11-14(9-10-16(15)18)17(19)13-7-5-4-6-8-13/h4-12,18H,3H2,1-2H3. The summed E-state index contributed by atoms with van der Waals surface area (Å²) in [6.45, 7) is 4.11. The van der Waals surface area contributed by atoms with Crippen LogP contribution in [0.1, 0.15) is 47.7 Å². The van der Waals surface area contributed by atoms with Crippen molar-refractivity contribution in [2.75, 3.05) is 0 Å². The first-order valence-corrected chi connectivity index (χ1v) is 6.56. The number of carbonyl (C=O) groups is 1. The fraction of sp³-hybridized carbons (Fsp3) is 0.235. The number of aromatic hydroxyl groups is 1. The summed E-state index contributed by atoms with van der Waals surface area (Å²) in [6, 6.07) is 14.3. The van der Waals surface area contributed by atoms with Gasteiger partial charge >= 0.3 is 0 Å². The van der Waals surface area contributed by atoms with E-state index in [0.717, 1.165) is 12.0 Å². The first kappa shape index (κ1) is 13.3. The molecule has 2 rings (SSSR count). The second kappa shape index (κ2) is 5.70.